The SMILES string of the molecule is CCNC(C)(CO)CN(C)C(C)Cc1ccccc1OC. The number of methoxy groups -OCH3 is 1. The van der Waals surface area contributed by atoms with Gasteiger partial charge in [0.25, 0.3) is 0 Å². The van der Waals surface area contributed by atoms with Gasteiger partial charge in [-0.1, -0.05) is 25.1 Å². The molecule has 0 aliphatic heterocycles. The quantitative estimate of drug-likeness (QED) is 0.730. The number of aliphatic hydroxyl groups excluding tert-OH is 1. The van der Waals surface area contributed by atoms with E-state index < -0.39 is 0 Å². The number of hydrogen-bond acceptors (Lipinski definition) is 4. The zero-order valence-corrected chi connectivity index (χ0v) is 14.0. The summed E-state index contributed by atoms with van der Waals surface area (Å²) < 4.78 is 5.42. The van der Waals surface area contributed by atoms with Gasteiger partial charge in [-0.2, -0.15) is 0 Å². The Balaban J connectivity index is 2.68. The van der Waals surface area contributed by atoms with Crippen molar-refractivity contribution >= 4 is 0 Å². The molecule has 0 saturated heterocycles. The van der Waals surface area contributed by atoms with Crippen LogP contribution in [0.2, 0.25) is 0 Å². The average Bonchev–Trinajstić information content (AvgIpc) is 2.47. The van der Waals surface area contributed by atoms with Gasteiger partial charge in [-0.15, -0.1) is 0 Å². The maximum Gasteiger partial charge on any atom is 0.122 e. The fourth-order valence-electron chi connectivity index (χ4n) is 2.64. The van der Waals surface area contributed by atoms with E-state index in [1.807, 2.05) is 18.2 Å². The summed E-state index contributed by atoms with van der Waals surface area (Å²) in [6, 6.07) is 8.51. The van der Waals surface area contributed by atoms with E-state index in [9.17, 15) is 5.11 Å². The van der Waals surface area contributed by atoms with Crippen molar-refractivity contribution in [2.45, 2.75) is 38.8 Å². The lowest BCUT2D eigenvalue weighted by molar-refractivity contribution is 0.116. The minimum Gasteiger partial charge on any atom is -0.496 e. The fourth-order valence-corrected chi connectivity index (χ4v) is 2.64. The number of nitrogens with zero attached hydrogens (tertiary/aromatic N) is 1. The fraction of sp³-hybridized carbons (Fsp3) is 0.647. The highest BCUT2D eigenvalue weighted by molar-refractivity contribution is 5.33. The average molecular weight is 294 g/mol. The van der Waals surface area contributed by atoms with E-state index in [-0.39, 0.29) is 12.1 Å². The molecule has 0 bridgehead atoms. The summed E-state index contributed by atoms with van der Waals surface area (Å²) >= 11 is 0. The van der Waals surface area contributed by atoms with Crippen LogP contribution in [0, 0.1) is 0 Å². The van der Waals surface area contributed by atoms with Gasteiger partial charge in [-0.05, 0) is 45.5 Å². The third kappa shape index (κ3) is 5.30. The third-order valence-corrected chi connectivity index (χ3v) is 4.01. The maximum atomic E-state index is 9.61. The minimum atomic E-state index is -0.265. The Morgan fingerprint density at radius 2 is 2.05 bits per heavy atom. The summed E-state index contributed by atoms with van der Waals surface area (Å²) in [6.07, 6.45) is 0.925. The molecule has 2 atom stereocenters. The molecule has 0 heterocycles. The first kappa shape index (κ1) is 18.0. The Morgan fingerprint density at radius 3 is 2.62 bits per heavy atom. The Morgan fingerprint density at radius 1 is 1.38 bits per heavy atom. The van der Waals surface area contributed by atoms with Crippen LogP contribution in [-0.2, 0) is 6.42 Å². The van der Waals surface area contributed by atoms with Gasteiger partial charge in [-0.3, -0.25) is 0 Å². The highest BCUT2D eigenvalue weighted by Crippen LogP contribution is 2.20. The van der Waals surface area contributed by atoms with Gasteiger partial charge >= 0.3 is 0 Å². The van der Waals surface area contributed by atoms with Crippen molar-refractivity contribution in [2.24, 2.45) is 0 Å². The van der Waals surface area contributed by atoms with Crippen LogP contribution in [0.25, 0.3) is 0 Å². The first-order valence-electron chi connectivity index (χ1n) is 7.63. The smallest absolute Gasteiger partial charge is 0.122 e. The first-order chi connectivity index (χ1) is 9.95. The lowest BCUT2D eigenvalue weighted by Gasteiger charge is -2.36. The molecule has 0 fully saturated rings. The number of para-hydroxylation sites is 1. The van der Waals surface area contributed by atoms with E-state index in [0.717, 1.165) is 25.3 Å². The Labute approximate surface area is 129 Å². The van der Waals surface area contributed by atoms with Crippen LogP contribution in [0.5, 0.6) is 5.75 Å². The molecule has 2 N–H and O–H groups in total. The maximum absolute atomic E-state index is 9.61. The second-order valence-corrected chi connectivity index (χ2v) is 6.03. The summed E-state index contributed by atoms with van der Waals surface area (Å²) in [6.45, 7) is 8.11. The summed E-state index contributed by atoms with van der Waals surface area (Å²) in [5, 5.41) is 13.0. The second kappa shape index (κ2) is 8.37. The van der Waals surface area contributed by atoms with Crippen LogP contribution < -0.4 is 10.1 Å². The number of aliphatic hydroxyl groups is 1. The zero-order valence-electron chi connectivity index (χ0n) is 14.0. The molecule has 1 aromatic rings. The number of rotatable bonds is 9. The van der Waals surface area contributed by atoms with Gasteiger partial charge in [0.2, 0.25) is 0 Å². The molecule has 1 aromatic carbocycles. The van der Waals surface area contributed by atoms with Crippen molar-refractivity contribution in [1.82, 2.24) is 10.2 Å². The highest BCUT2D eigenvalue weighted by atomic mass is 16.5. The summed E-state index contributed by atoms with van der Waals surface area (Å²) in [5.41, 5.74) is 0.951. The van der Waals surface area contributed by atoms with Crippen LogP contribution >= 0.6 is 0 Å². The van der Waals surface area contributed by atoms with Crippen molar-refractivity contribution in [1.29, 1.82) is 0 Å². The number of benzene rings is 1. The number of nitrogens with one attached hydrogen (secondary N) is 1. The molecule has 21 heavy (non-hydrogen) atoms. The van der Waals surface area contributed by atoms with E-state index in [1.165, 1.54) is 5.56 Å². The van der Waals surface area contributed by atoms with Gasteiger partial charge in [0, 0.05) is 12.6 Å². The molecule has 120 valence electrons. The molecule has 0 spiro atoms. The van der Waals surface area contributed by atoms with Gasteiger partial charge in [0.1, 0.15) is 5.75 Å². The number of hydrogen-bond donors (Lipinski definition) is 2. The van der Waals surface area contributed by atoms with E-state index in [4.69, 9.17) is 4.74 Å². The van der Waals surface area contributed by atoms with Gasteiger partial charge in [0.15, 0.2) is 0 Å². The second-order valence-electron chi connectivity index (χ2n) is 6.03. The molecule has 0 amide bonds. The number of ether oxygens (including phenoxy) is 1. The molecule has 4 nitrogen and oxygen atoms in total. The minimum absolute atomic E-state index is 0.132. The van der Waals surface area contributed by atoms with E-state index in [0.29, 0.717) is 6.04 Å². The molecule has 1 rings (SSSR count). The zero-order chi connectivity index (χ0) is 15.9. The van der Waals surface area contributed by atoms with Crippen molar-refractivity contribution < 1.29 is 9.84 Å². The highest BCUT2D eigenvalue weighted by Gasteiger charge is 2.26. The van der Waals surface area contributed by atoms with E-state index in [2.05, 4.69) is 44.1 Å². The largest absolute Gasteiger partial charge is 0.496 e. The monoisotopic (exact) mass is 294 g/mol. The summed E-state index contributed by atoms with van der Waals surface area (Å²) in [4.78, 5) is 2.28. The predicted octanol–water partition coefficient (Wildman–Crippen LogP) is 1.92. The van der Waals surface area contributed by atoms with Gasteiger partial charge in [0.05, 0.1) is 19.3 Å². The van der Waals surface area contributed by atoms with Gasteiger partial charge in [-0.25, -0.2) is 0 Å². The summed E-state index contributed by atoms with van der Waals surface area (Å²) in [5.74, 6) is 0.939. The molecular formula is C17H30N2O2. The molecular weight excluding hydrogens is 264 g/mol. The molecule has 0 aliphatic carbocycles. The predicted molar refractivity (Wildman–Crippen MR) is 88.0 cm³/mol. The van der Waals surface area contributed by atoms with Crippen molar-refractivity contribution in [3.63, 3.8) is 0 Å². The Bertz CT molecular complexity index is 425. The third-order valence-electron chi connectivity index (χ3n) is 4.01. The van der Waals surface area contributed by atoms with Crippen molar-refractivity contribution in [3.05, 3.63) is 29.8 Å². The van der Waals surface area contributed by atoms with Crippen molar-refractivity contribution in [3.8, 4) is 5.75 Å². The van der Waals surface area contributed by atoms with Crippen molar-refractivity contribution in [2.75, 3.05) is 33.9 Å². The molecule has 0 aliphatic rings. The molecule has 0 aromatic heterocycles. The van der Waals surface area contributed by atoms with Crippen LogP contribution in [0.1, 0.15) is 26.3 Å². The molecule has 2 unspecified atom stereocenters. The lowest BCUT2D eigenvalue weighted by Crippen LogP contribution is -2.54. The van der Waals surface area contributed by atoms with Crippen LogP contribution in [0.4, 0.5) is 0 Å². The molecule has 0 saturated carbocycles. The van der Waals surface area contributed by atoms with Crippen LogP contribution in [0.3, 0.4) is 0 Å². The van der Waals surface area contributed by atoms with E-state index in [1.54, 1.807) is 7.11 Å². The standard InChI is InChI=1S/C17H30N2O2/c1-6-18-17(3,13-20)12-19(4)14(2)11-15-9-7-8-10-16(15)21-5/h7-10,14,18,20H,6,11-13H2,1-5H3. The van der Waals surface area contributed by atoms with E-state index >= 15 is 0 Å². The topological polar surface area (TPSA) is 44.7 Å². The lowest BCUT2D eigenvalue weighted by atomic mass is 10.00. The Hall–Kier alpha value is -1.10. The first-order valence-corrected chi connectivity index (χ1v) is 7.63. The molecule has 0 radical (unpaired) electrons. The van der Waals surface area contributed by atoms with Crippen LogP contribution in [-0.4, -0.2) is 55.4 Å². The molecule has 4 heteroatoms. The van der Waals surface area contributed by atoms with Gasteiger partial charge < -0.3 is 20.1 Å². The number of likely N-dealkylation sites (N-methyl/N-ethyl adjacent to an activating group) is 2. The summed E-state index contributed by atoms with van der Waals surface area (Å²) in [7, 11) is 3.81. The normalized spacial score (nSPS) is 15.8. The Kier molecular flexibility index (Phi) is 7.15. The van der Waals surface area contributed by atoms with Crippen LogP contribution in [0.15, 0.2) is 24.3 Å².